The van der Waals surface area contributed by atoms with Crippen LogP contribution in [0, 0.1) is 5.92 Å². The van der Waals surface area contributed by atoms with E-state index in [0.717, 1.165) is 32.5 Å². The summed E-state index contributed by atoms with van der Waals surface area (Å²) in [6.07, 6.45) is 2.16. The lowest BCUT2D eigenvalue weighted by Crippen LogP contribution is -2.51. The summed E-state index contributed by atoms with van der Waals surface area (Å²) in [5.41, 5.74) is 7.43. The Labute approximate surface area is 147 Å². The van der Waals surface area contributed by atoms with Crippen LogP contribution in [0.15, 0.2) is 30.3 Å². The van der Waals surface area contributed by atoms with Crippen molar-refractivity contribution in [3.63, 3.8) is 0 Å². The summed E-state index contributed by atoms with van der Waals surface area (Å²) in [6, 6.07) is 10.9. The molecule has 1 unspecified atom stereocenters. The van der Waals surface area contributed by atoms with E-state index >= 15 is 0 Å². The van der Waals surface area contributed by atoms with Crippen LogP contribution in [0.3, 0.4) is 0 Å². The third-order valence-electron chi connectivity index (χ3n) is 5.07. The topological polar surface area (TPSA) is 49.6 Å². The van der Waals surface area contributed by atoms with E-state index in [1.165, 1.54) is 5.56 Å². The SMILES string of the molecule is CC(C)[C@H](N)C(=O)N1CCCC1CN(Cc1ccccc1)C(C)C. The van der Waals surface area contributed by atoms with Crippen LogP contribution in [0.4, 0.5) is 0 Å². The van der Waals surface area contributed by atoms with Crippen molar-refractivity contribution < 1.29 is 4.79 Å². The molecule has 4 heteroatoms. The van der Waals surface area contributed by atoms with E-state index in [2.05, 4.69) is 43.0 Å². The summed E-state index contributed by atoms with van der Waals surface area (Å²) < 4.78 is 0. The molecule has 1 saturated heterocycles. The van der Waals surface area contributed by atoms with Gasteiger partial charge in [0.2, 0.25) is 5.91 Å². The summed E-state index contributed by atoms with van der Waals surface area (Å²) in [4.78, 5) is 17.2. The number of rotatable bonds is 7. The first kappa shape index (κ1) is 18.9. The molecule has 0 saturated carbocycles. The first-order chi connectivity index (χ1) is 11.4. The number of likely N-dealkylation sites (tertiary alicyclic amines) is 1. The van der Waals surface area contributed by atoms with Crippen molar-refractivity contribution in [3.8, 4) is 0 Å². The maximum Gasteiger partial charge on any atom is 0.240 e. The van der Waals surface area contributed by atoms with Gasteiger partial charge in [-0.25, -0.2) is 0 Å². The fourth-order valence-corrected chi connectivity index (χ4v) is 3.34. The fraction of sp³-hybridized carbons (Fsp3) is 0.650. The van der Waals surface area contributed by atoms with Crippen LogP contribution in [-0.4, -0.2) is 46.9 Å². The molecule has 24 heavy (non-hydrogen) atoms. The molecule has 1 heterocycles. The normalized spacial score (nSPS) is 19.5. The number of hydrogen-bond acceptors (Lipinski definition) is 3. The van der Waals surface area contributed by atoms with Gasteiger partial charge in [-0.1, -0.05) is 44.2 Å². The highest BCUT2D eigenvalue weighted by atomic mass is 16.2. The van der Waals surface area contributed by atoms with Crippen LogP contribution in [0.2, 0.25) is 0 Å². The molecule has 1 aliphatic rings. The van der Waals surface area contributed by atoms with Crippen molar-refractivity contribution in [3.05, 3.63) is 35.9 Å². The highest BCUT2D eigenvalue weighted by molar-refractivity contribution is 5.82. The molecule has 0 radical (unpaired) electrons. The van der Waals surface area contributed by atoms with Crippen molar-refractivity contribution in [2.24, 2.45) is 11.7 Å². The zero-order valence-corrected chi connectivity index (χ0v) is 15.6. The molecule has 2 atom stereocenters. The molecule has 134 valence electrons. The second kappa shape index (κ2) is 8.63. The van der Waals surface area contributed by atoms with Crippen LogP contribution in [0.1, 0.15) is 46.1 Å². The lowest BCUT2D eigenvalue weighted by atomic mass is 10.0. The predicted octanol–water partition coefficient (Wildman–Crippen LogP) is 2.87. The first-order valence-electron chi connectivity index (χ1n) is 9.24. The quantitative estimate of drug-likeness (QED) is 0.836. The average molecular weight is 332 g/mol. The third-order valence-corrected chi connectivity index (χ3v) is 5.07. The van der Waals surface area contributed by atoms with E-state index in [0.29, 0.717) is 6.04 Å². The maximum atomic E-state index is 12.7. The predicted molar refractivity (Wildman–Crippen MR) is 99.5 cm³/mol. The molecule has 1 aromatic carbocycles. The van der Waals surface area contributed by atoms with Gasteiger partial charge in [0.25, 0.3) is 0 Å². The molecule has 0 bridgehead atoms. The standard InChI is InChI=1S/C20H33N3O/c1-15(2)19(21)20(24)23-12-8-11-18(23)14-22(16(3)4)13-17-9-6-5-7-10-17/h5-7,9-10,15-16,18-19H,8,11-14,21H2,1-4H3/t18?,19-/m0/s1. The Morgan fingerprint density at radius 1 is 1.25 bits per heavy atom. The Hall–Kier alpha value is -1.39. The van der Waals surface area contributed by atoms with E-state index in [9.17, 15) is 4.79 Å². The lowest BCUT2D eigenvalue weighted by Gasteiger charge is -2.34. The number of amides is 1. The average Bonchev–Trinajstić information content (AvgIpc) is 3.01. The molecule has 1 amide bonds. The molecular formula is C20H33N3O. The molecule has 0 aliphatic carbocycles. The van der Waals surface area contributed by atoms with E-state index in [1.54, 1.807) is 0 Å². The molecule has 4 nitrogen and oxygen atoms in total. The van der Waals surface area contributed by atoms with E-state index < -0.39 is 0 Å². The van der Waals surface area contributed by atoms with Gasteiger partial charge in [-0.15, -0.1) is 0 Å². The smallest absolute Gasteiger partial charge is 0.240 e. The summed E-state index contributed by atoms with van der Waals surface area (Å²) in [5.74, 6) is 0.306. The lowest BCUT2D eigenvalue weighted by molar-refractivity contribution is -0.134. The summed E-state index contributed by atoms with van der Waals surface area (Å²) >= 11 is 0. The Kier molecular flexibility index (Phi) is 6.81. The van der Waals surface area contributed by atoms with Crippen LogP contribution in [-0.2, 0) is 11.3 Å². The van der Waals surface area contributed by atoms with Crippen molar-refractivity contribution in [1.29, 1.82) is 0 Å². The molecular weight excluding hydrogens is 298 g/mol. The van der Waals surface area contributed by atoms with Gasteiger partial charge >= 0.3 is 0 Å². The highest BCUT2D eigenvalue weighted by Gasteiger charge is 2.34. The molecule has 1 aromatic rings. The fourth-order valence-electron chi connectivity index (χ4n) is 3.34. The molecule has 0 spiro atoms. The van der Waals surface area contributed by atoms with Crippen molar-refractivity contribution in [2.45, 2.75) is 65.2 Å². The van der Waals surface area contributed by atoms with Crippen LogP contribution in [0.25, 0.3) is 0 Å². The van der Waals surface area contributed by atoms with E-state index in [-0.39, 0.29) is 23.9 Å². The summed E-state index contributed by atoms with van der Waals surface area (Å²) in [6.45, 7) is 11.2. The van der Waals surface area contributed by atoms with Crippen LogP contribution in [0.5, 0.6) is 0 Å². The Balaban J connectivity index is 2.03. The summed E-state index contributed by atoms with van der Waals surface area (Å²) in [5, 5.41) is 0. The highest BCUT2D eigenvalue weighted by Crippen LogP contribution is 2.22. The first-order valence-corrected chi connectivity index (χ1v) is 9.24. The molecule has 0 aromatic heterocycles. The van der Waals surface area contributed by atoms with Gasteiger partial charge in [-0.2, -0.15) is 0 Å². The molecule has 1 fully saturated rings. The number of benzene rings is 1. The number of nitrogens with two attached hydrogens (primary N) is 1. The Bertz CT molecular complexity index is 515. The van der Waals surface area contributed by atoms with Gasteiger partial charge in [0.1, 0.15) is 0 Å². The van der Waals surface area contributed by atoms with E-state index in [1.807, 2.05) is 24.8 Å². The van der Waals surface area contributed by atoms with Crippen LogP contribution >= 0.6 is 0 Å². The minimum Gasteiger partial charge on any atom is -0.337 e. The van der Waals surface area contributed by atoms with Gasteiger partial charge in [-0.05, 0) is 38.2 Å². The monoisotopic (exact) mass is 331 g/mol. The minimum absolute atomic E-state index is 0.121. The Morgan fingerprint density at radius 3 is 2.50 bits per heavy atom. The summed E-state index contributed by atoms with van der Waals surface area (Å²) in [7, 11) is 0. The maximum absolute atomic E-state index is 12.7. The number of hydrogen-bond donors (Lipinski definition) is 1. The van der Waals surface area contributed by atoms with Gasteiger partial charge in [0.05, 0.1) is 6.04 Å². The van der Waals surface area contributed by atoms with Crippen molar-refractivity contribution in [2.75, 3.05) is 13.1 Å². The van der Waals surface area contributed by atoms with Gasteiger partial charge in [0.15, 0.2) is 0 Å². The number of carbonyl (C=O) groups is 1. The molecule has 1 aliphatic heterocycles. The van der Waals surface area contributed by atoms with Gasteiger partial charge < -0.3 is 10.6 Å². The van der Waals surface area contributed by atoms with Gasteiger partial charge in [-0.3, -0.25) is 9.69 Å². The van der Waals surface area contributed by atoms with E-state index in [4.69, 9.17) is 5.73 Å². The minimum atomic E-state index is -0.382. The largest absolute Gasteiger partial charge is 0.337 e. The van der Waals surface area contributed by atoms with Crippen LogP contribution < -0.4 is 5.73 Å². The Morgan fingerprint density at radius 2 is 1.92 bits per heavy atom. The number of nitrogens with zero attached hydrogens (tertiary/aromatic N) is 2. The van der Waals surface area contributed by atoms with Crippen molar-refractivity contribution in [1.82, 2.24) is 9.80 Å². The molecule has 2 N–H and O–H groups in total. The molecule has 2 rings (SSSR count). The third kappa shape index (κ3) is 4.81. The number of carbonyl (C=O) groups excluding carboxylic acids is 1. The zero-order chi connectivity index (χ0) is 17.7. The zero-order valence-electron chi connectivity index (χ0n) is 15.6. The second-order valence-corrected chi connectivity index (χ2v) is 7.61. The van der Waals surface area contributed by atoms with Gasteiger partial charge in [0, 0.05) is 31.7 Å². The second-order valence-electron chi connectivity index (χ2n) is 7.61. The van der Waals surface area contributed by atoms with Crippen molar-refractivity contribution >= 4 is 5.91 Å².